The first-order valence-corrected chi connectivity index (χ1v) is 5.99. The summed E-state index contributed by atoms with van der Waals surface area (Å²) < 4.78 is 5.13. The lowest BCUT2D eigenvalue weighted by atomic mass is 10.1. The van der Waals surface area contributed by atoms with Crippen molar-refractivity contribution in [3.05, 3.63) is 11.4 Å². The van der Waals surface area contributed by atoms with Crippen molar-refractivity contribution in [1.82, 2.24) is 10.6 Å². The average Bonchev–Trinajstić information content (AvgIpc) is 2.17. The molecule has 17 heavy (non-hydrogen) atoms. The Labute approximate surface area is 106 Å². The van der Waals surface area contributed by atoms with Gasteiger partial charge in [-0.15, -0.1) is 0 Å². The van der Waals surface area contributed by atoms with Crippen LogP contribution >= 0.6 is 11.6 Å². The lowest BCUT2D eigenvalue weighted by Crippen LogP contribution is -2.38. The number of aliphatic hydroxyl groups is 1. The van der Waals surface area contributed by atoms with Crippen LogP contribution in [0.4, 0.5) is 4.79 Å². The molecule has 3 N–H and O–H groups in total. The van der Waals surface area contributed by atoms with Gasteiger partial charge in [0.1, 0.15) is 11.1 Å². The zero-order chi connectivity index (χ0) is 13.1. The molecule has 5 nitrogen and oxygen atoms in total. The van der Waals surface area contributed by atoms with Gasteiger partial charge in [-0.3, -0.25) is 5.32 Å². The van der Waals surface area contributed by atoms with Crippen LogP contribution in [-0.2, 0) is 4.74 Å². The summed E-state index contributed by atoms with van der Waals surface area (Å²) in [6, 6.07) is 0. The minimum absolute atomic E-state index is 0.186. The van der Waals surface area contributed by atoms with Gasteiger partial charge in [-0.2, -0.15) is 0 Å². The van der Waals surface area contributed by atoms with Crippen molar-refractivity contribution in [2.45, 2.75) is 44.7 Å². The second-order valence-corrected chi connectivity index (χ2v) is 5.42. The molecule has 98 valence electrons. The first-order chi connectivity index (χ1) is 7.81. The topological polar surface area (TPSA) is 70.6 Å². The van der Waals surface area contributed by atoms with Gasteiger partial charge in [0.25, 0.3) is 0 Å². The Morgan fingerprint density at radius 2 is 2.29 bits per heavy atom. The number of alkyl halides is 1. The number of halogens is 1. The molecule has 0 saturated heterocycles. The van der Waals surface area contributed by atoms with Crippen LogP contribution in [-0.4, -0.2) is 28.9 Å². The Balaban J connectivity index is 2.63. The maximum atomic E-state index is 11.6. The number of carbonyl (C=O) groups is 1. The third-order valence-corrected chi connectivity index (χ3v) is 2.48. The van der Waals surface area contributed by atoms with Crippen molar-refractivity contribution in [2.24, 2.45) is 0 Å². The van der Waals surface area contributed by atoms with Crippen molar-refractivity contribution in [3.8, 4) is 0 Å². The molecule has 0 aromatic rings. The van der Waals surface area contributed by atoms with E-state index in [1.54, 1.807) is 20.8 Å². The molecule has 0 spiro atoms. The Morgan fingerprint density at radius 3 is 2.82 bits per heavy atom. The highest BCUT2D eigenvalue weighted by molar-refractivity contribution is 6.20. The predicted molar refractivity (Wildman–Crippen MR) is 65.5 cm³/mol. The van der Waals surface area contributed by atoms with Gasteiger partial charge >= 0.3 is 6.09 Å². The summed E-state index contributed by atoms with van der Waals surface area (Å²) in [6.07, 6.45) is 0.778. The zero-order valence-electron chi connectivity index (χ0n) is 10.3. The van der Waals surface area contributed by atoms with E-state index in [2.05, 4.69) is 10.6 Å². The summed E-state index contributed by atoms with van der Waals surface area (Å²) in [5.74, 6) is 0. The van der Waals surface area contributed by atoms with Gasteiger partial charge in [0.2, 0.25) is 0 Å². The summed E-state index contributed by atoms with van der Waals surface area (Å²) in [5, 5.41) is 14.7. The SMILES string of the molecule is CC(C)(C)OC(=O)NC1=C(CO)NC(Cl)CC1. The molecule has 0 radical (unpaired) electrons. The van der Waals surface area contributed by atoms with Crippen LogP contribution in [0.5, 0.6) is 0 Å². The molecule has 0 saturated carbocycles. The summed E-state index contributed by atoms with van der Waals surface area (Å²) in [6.45, 7) is 5.19. The summed E-state index contributed by atoms with van der Waals surface area (Å²) in [4.78, 5) is 11.6. The van der Waals surface area contributed by atoms with Crippen LogP contribution in [0.25, 0.3) is 0 Å². The van der Waals surface area contributed by atoms with E-state index in [0.29, 0.717) is 24.2 Å². The van der Waals surface area contributed by atoms with Crippen molar-refractivity contribution >= 4 is 17.7 Å². The molecule has 1 atom stereocenters. The van der Waals surface area contributed by atoms with Gasteiger partial charge in [-0.1, -0.05) is 11.6 Å². The number of ether oxygens (including phenoxy) is 1. The molecule has 1 aliphatic rings. The lowest BCUT2D eigenvalue weighted by Gasteiger charge is -2.26. The van der Waals surface area contributed by atoms with Crippen molar-refractivity contribution < 1.29 is 14.6 Å². The number of hydrogen-bond acceptors (Lipinski definition) is 4. The van der Waals surface area contributed by atoms with Gasteiger partial charge in [0.05, 0.1) is 12.3 Å². The Hall–Kier alpha value is -0.940. The fourth-order valence-corrected chi connectivity index (χ4v) is 1.72. The van der Waals surface area contributed by atoms with Crippen LogP contribution in [0, 0.1) is 0 Å². The largest absolute Gasteiger partial charge is 0.444 e. The first kappa shape index (κ1) is 14.1. The second kappa shape index (κ2) is 5.60. The molecule has 0 aromatic carbocycles. The van der Waals surface area contributed by atoms with E-state index in [1.807, 2.05) is 0 Å². The van der Waals surface area contributed by atoms with Crippen LogP contribution in [0.1, 0.15) is 33.6 Å². The van der Waals surface area contributed by atoms with E-state index < -0.39 is 11.7 Å². The highest BCUT2D eigenvalue weighted by atomic mass is 35.5. The Kier molecular flexibility index (Phi) is 4.65. The molecule has 0 fully saturated rings. The van der Waals surface area contributed by atoms with Gasteiger partial charge in [-0.25, -0.2) is 4.79 Å². The number of alkyl carbamates (subject to hydrolysis) is 1. The van der Waals surface area contributed by atoms with Crippen LogP contribution < -0.4 is 10.6 Å². The minimum atomic E-state index is -0.541. The molecule has 1 rings (SSSR count). The summed E-state index contributed by atoms with van der Waals surface area (Å²) in [5.41, 5.74) is 0.434. The number of allylic oxidation sites excluding steroid dienone is 1. The number of carbonyl (C=O) groups excluding carboxylic acids is 1. The third kappa shape index (κ3) is 4.83. The Bertz CT molecular complexity index is 323. The number of hydrogen-bond donors (Lipinski definition) is 3. The summed E-state index contributed by atoms with van der Waals surface area (Å²) >= 11 is 5.90. The number of aliphatic hydroxyl groups excluding tert-OH is 1. The molecule has 1 heterocycles. The number of nitrogens with one attached hydrogen (secondary N) is 2. The molecular formula is C11H19ClN2O3. The number of rotatable bonds is 2. The van der Waals surface area contributed by atoms with E-state index in [-0.39, 0.29) is 12.1 Å². The quantitative estimate of drug-likeness (QED) is 0.523. The van der Waals surface area contributed by atoms with Gasteiger partial charge in [0, 0.05) is 5.70 Å². The standard InChI is InChI=1S/C11H19ClN2O3/c1-11(2,3)17-10(16)14-7-4-5-9(12)13-8(7)6-15/h9,13,15H,4-6H2,1-3H3,(H,14,16). The average molecular weight is 263 g/mol. The Morgan fingerprint density at radius 1 is 1.65 bits per heavy atom. The zero-order valence-corrected chi connectivity index (χ0v) is 11.1. The van der Waals surface area contributed by atoms with E-state index in [0.717, 1.165) is 0 Å². The normalized spacial score (nSPS) is 20.9. The molecule has 0 aliphatic carbocycles. The van der Waals surface area contributed by atoms with E-state index >= 15 is 0 Å². The lowest BCUT2D eigenvalue weighted by molar-refractivity contribution is 0.0541. The molecular weight excluding hydrogens is 244 g/mol. The molecule has 1 aliphatic heterocycles. The highest BCUT2D eigenvalue weighted by Gasteiger charge is 2.22. The maximum Gasteiger partial charge on any atom is 0.411 e. The minimum Gasteiger partial charge on any atom is -0.444 e. The molecule has 6 heteroatoms. The van der Waals surface area contributed by atoms with Crippen molar-refractivity contribution in [1.29, 1.82) is 0 Å². The number of amides is 1. The fraction of sp³-hybridized carbons (Fsp3) is 0.727. The van der Waals surface area contributed by atoms with Crippen LogP contribution in [0.3, 0.4) is 0 Å². The van der Waals surface area contributed by atoms with Crippen LogP contribution in [0.2, 0.25) is 0 Å². The van der Waals surface area contributed by atoms with Crippen LogP contribution in [0.15, 0.2) is 11.4 Å². The molecule has 0 bridgehead atoms. The predicted octanol–water partition coefficient (Wildman–Crippen LogP) is 1.66. The van der Waals surface area contributed by atoms with E-state index in [1.165, 1.54) is 0 Å². The second-order valence-electron chi connectivity index (χ2n) is 4.89. The van der Waals surface area contributed by atoms with E-state index in [4.69, 9.17) is 21.4 Å². The van der Waals surface area contributed by atoms with Gasteiger partial charge < -0.3 is 15.2 Å². The van der Waals surface area contributed by atoms with E-state index in [9.17, 15) is 4.79 Å². The van der Waals surface area contributed by atoms with Gasteiger partial charge in [0.15, 0.2) is 0 Å². The summed E-state index contributed by atoms with van der Waals surface area (Å²) in [7, 11) is 0. The van der Waals surface area contributed by atoms with Gasteiger partial charge in [-0.05, 0) is 33.6 Å². The maximum absolute atomic E-state index is 11.6. The highest BCUT2D eigenvalue weighted by Crippen LogP contribution is 2.18. The molecule has 0 aromatic heterocycles. The van der Waals surface area contributed by atoms with Crippen molar-refractivity contribution in [2.75, 3.05) is 6.61 Å². The monoisotopic (exact) mass is 262 g/mol. The molecule has 1 amide bonds. The first-order valence-electron chi connectivity index (χ1n) is 5.55. The fourth-order valence-electron chi connectivity index (χ4n) is 1.48. The van der Waals surface area contributed by atoms with Crippen molar-refractivity contribution in [3.63, 3.8) is 0 Å². The molecule has 1 unspecified atom stereocenters. The third-order valence-electron chi connectivity index (χ3n) is 2.15. The smallest absolute Gasteiger partial charge is 0.411 e.